The van der Waals surface area contributed by atoms with E-state index in [1.165, 1.54) is 0 Å². The number of nitrogens with two attached hydrogens (primary N) is 1. The van der Waals surface area contributed by atoms with Crippen LogP contribution < -0.4 is 5.73 Å². The number of carbonyl (C=O) groups excluding carboxylic acids is 1. The molecule has 2 aromatic rings. The van der Waals surface area contributed by atoms with Gasteiger partial charge in [0.05, 0.1) is 12.1 Å². The molecule has 2 heterocycles. The predicted molar refractivity (Wildman–Crippen MR) is 90.7 cm³/mol. The number of rotatable bonds is 4. The van der Waals surface area contributed by atoms with Gasteiger partial charge in [0, 0.05) is 44.6 Å². The zero-order valence-electron chi connectivity index (χ0n) is 13.2. The van der Waals surface area contributed by atoms with Crippen LogP contribution in [0.2, 0.25) is 0 Å². The molecule has 1 aromatic heterocycles. The van der Waals surface area contributed by atoms with Crippen molar-refractivity contribution in [2.24, 2.45) is 0 Å². The summed E-state index contributed by atoms with van der Waals surface area (Å²) in [4.78, 5) is 21.0. The second-order valence-corrected chi connectivity index (χ2v) is 5.90. The number of pyridine rings is 1. The van der Waals surface area contributed by atoms with Gasteiger partial charge >= 0.3 is 0 Å². The first-order chi connectivity index (χ1) is 11.2. The Morgan fingerprint density at radius 3 is 2.43 bits per heavy atom. The Morgan fingerprint density at radius 2 is 1.78 bits per heavy atom. The summed E-state index contributed by atoms with van der Waals surface area (Å²) in [6.07, 6.45) is 2.27. The van der Waals surface area contributed by atoms with Crippen LogP contribution in [0.3, 0.4) is 0 Å². The van der Waals surface area contributed by atoms with E-state index in [0.717, 1.165) is 49.7 Å². The van der Waals surface area contributed by atoms with Crippen molar-refractivity contribution in [2.75, 3.05) is 31.9 Å². The average Bonchev–Trinajstić information content (AvgIpc) is 2.58. The molecule has 1 aliphatic rings. The summed E-state index contributed by atoms with van der Waals surface area (Å²) in [6, 6.07) is 13.5. The Labute approximate surface area is 136 Å². The summed E-state index contributed by atoms with van der Waals surface area (Å²) in [5.41, 5.74) is 8.49. The molecule has 1 amide bonds. The molecule has 0 bridgehead atoms. The van der Waals surface area contributed by atoms with Crippen LogP contribution >= 0.6 is 0 Å². The second kappa shape index (κ2) is 7.24. The van der Waals surface area contributed by atoms with Gasteiger partial charge in [0.1, 0.15) is 0 Å². The van der Waals surface area contributed by atoms with Gasteiger partial charge in [-0.05, 0) is 29.8 Å². The molecule has 23 heavy (non-hydrogen) atoms. The lowest BCUT2D eigenvalue weighted by molar-refractivity contribution is -0.132. The van der Waals surface area contributed by atoms with Gasteiger partial charge in [-0.2, -0.15) is 0 Å². The Bertz CT molecular complexity index is 634. The van der Waals surface area contributed by atoms with E-state index in [0.29, 0.717) is 6.42 Å². The third kappa shape index (κ3) is 4.29. The van der Waals surface area contributed by atoms with Crippen LogP contribution in [0.5, 0.6) is 0 Å². The van der Waals surface area contributed by atoms with Gasteiger partial charge in [-0.1, -0.05) is 18.2 Å². The Balaban J connectivity index is 1.48. The van der Waals surface area contributed by atoms with Crippen molar-refractivity contribution in [3.63, 3.8) is 0 Å². The molecule has 5 nitrogen and oxygen atoms in total. The van der Waals surface area contributed by atoms with Crippen molar-refractivity contribution in [3.8, 4) is 0 Å². The van der Waals surface area contributed by atoms with Crippen LogP contribution in [0.1, 0.15) is 11.3 Å². The highest BCUT2D eigenvalue weighted by atomic mass is 16.2. The number of aromatic nitrogens is 1. The first kappa shape index (κ1) is 15.5. The number of hydrogen-bond donors (Lipinski definition) is 1. The molecule has 5 heteroatoms. The van der Waals surface area contributed by atoms with Crippen LogP contribution in [-0.2, 0) is 17.8 Å². The topological polar surface area (TPSA) is 62.5 Å². The molecule has 1 aliphatic heterocycles. The number of hydrogen-bond acceptors (Lipinski definition) is 4. The molecule has 0 unspecified atom stereocenters. The van der Waals surface area contributed by atoms with Crippen molar-refractivity contribution < 1.29 is 4.79 Å². The highest BCUT2D eigenvalue weighted by Gasteiger charge is 2.21. The number of nitrogen functional groups attached to an aromatic ring is 1. The van der Waals surface area contributed by atoms with Gasteiger partial charge < -0.3 is 10.6 Å². The fraction of sp³-hybridized carbons (Fsp3) is 0.333. The Hall–Kier alpha value is -2.40. The summed E-state index contributed by atoms with van der Waals surface area (Å²) in [6.45, 7) is 4.19. The van der Waals surface area contributed by atoms with E-state index in [2.05, 4.69) is 9.88 Å². The summed E-state index contributed by atoms with van der Waals surface area (Å²) in [5, 5.41) is 0. The largest absolute Gasteiger partial charge is 0.399 e. The zero-order valence-corrected chi connectivity index (χ0v) is 13.2. The van der Waals surface area contributed by atoms with Crippen molar-refractivity contribution in [3.05, 3.63) is 59.9 Å². The molecule has 1 aromatic carbocycles. The number of amides is 1. The summed E-state index contributed by atoms with van der Waals surface area (Å²) in [5.74, 6) is 0.187. The molecule has 0 aliphatic carbocycles. The van der Waals surface area contributed by atoms with E-state index in [-0.39, 0.29) is 5.91 Å². The fourth-order valence-corrected chi connectivity index (χ4v) is 2.80. The van der Waals surface area contributed by atoms with Crippen LogP contribution in [-0.4, -0.2) is 46.9 Å². The minimum Gasteiger partial charge on any atom is -0.399 e. The van der Waals surface area contributed by atoms with Crippen LogP contribution in [0, 0.1) is 0 Å². The SMILES string of the molecule is Nc1ccc(CC(=O)N2CCN(Cc3ccccn3)CC2)cc1. The normalized spacial score (nSPS) is 15.6. The number of piperazine rings is 1. The van der Waals surface area contributed by atoms with Crippen molar-refractivity contribution in [1.82, 2.24) is 14.8 Å². The lowest BCUT2D eigenvalue weighted by atomic mass is 10.1. The van der Waals surface area contributed by atoms with Crippen LogP contribution in [0.15, 0.2) is 48.7 Å². The number of carbonyl (C=O) groups is 1. The molecule has 1 saturated heterocycles. The standard InChI is InChI=1S/C18H22N4O/c19-16-6-4-15(5-7-16)13-18(23)22-11-9-21(10-12-22)14-17-3-1-2-8-20-17/h1-8H,9-14,19H2. The third-order valence-corrected chi connectivity index (χ3v) is 4.17. The summed E-state index contributed by atoms with van der Waals surface area (Å²) >= 11 is 0. The fourth-order valence-electron chi connectivity index (χ4n) is 2.80. The maximum Gasteiger partial charge on any atom is 0.227 e. The summed E-state index contributed by atoms with van der Waals surface area (Å²) in [7, 11) is 0. The molecular weight excluding hydrogens is 288 g/mol. The molecule has 2 N–H and O–H groups in total. The average molecular weight is 310 g/mol. The lowest BCUT2D eigenvalue weighted by Gasteiger charge is -2.34. The van der Waals surface area contributed by atoms with E-state index in [1.807, 2.05) is 53.6 Å². The molecule has 0 atom stereocenters. The zero-order chi connectivity index (χ0) is 16.1. The highest BCUT2D eigenvalue weighted by Crippen LogP contribution is 2.11. The van der Waals surface area contributed by atoms with Gasteiger partial charge in [0.25, 0.3) is 0 Å². The minimum atomic E-state index is 0.187. The molecule has 1 fully saturated rings. The van der Waals surface area contributed by atoms with Gasteiger partial charge in [-0.15, -0.1) is 0 Å². The van der Waals surface area contributed by atoms with Gasteiger partial charge in [-0.25, -0.2) is 0 Å². The maximum absolute atomic E-state index is 12.4. The second-order valence-electron chi connectivity index (χ2n) is 5.90. The maximum atomic E-state index is 12.4. The predicted octanol–water partition coefficient (Wildman–Crippen LogP) is 1.55. The first-order valence-corrected chi connectivity index (χ1v) is 7.95. The Kier molecular flexibility index (Phi) is 4.88. The van der Waals surface area contributed by atoms with Gasteiger partial charge in [0.2, 0.25) is 5.91 Å². The molecule has 0 saturated carbocycles. The van der Waals surface area contributed by atoms with Crippen molar-refractivity contribution in [1.29, 1.82) is 0 Å². The molecule has 0 radical (unpaired) electrons. The minimum absolute atomic E-state index is 0.187. The summed E-state index contributed by atoms with van der Waals surface area (Å²) < 4.78 is 0. The quantitative estimate of drug-likeness (QED) is 0.870. The van der Waals surface area contributed by atoms with E-state index < -0.39 is 0 Å². The molecule has 0 spiro atoms. The van der Waals surface area contributed by atoms with Gasteiger partial charge in [0.15, 0.2) is 0 Å². The van der Waals surface area contributed by atoms with Crippen molar-refractivity contribution in [2.45, 2.75) is 13.0 Å². The lowest BCUT2D eigenvalue weighted by Crippen LogP contribution is -2.48. The smallest absolute Gasteiger partial charge is 0.227 e. The van der Waals surface area contributed by atoms with E-state index in [9.17, 15) is 4.79 Å². The molecule has 120 valence electrons. The highest BCUT2D eigenvalue weighted by molar-refractivity contribution is 5.79. The van der Waals surface area contributed by atoms with Gasteiger partial charge in [-0.3, -0.25) is 14.7 Å². The number of anilines is 1. The van der Waals surface area contributed by atoms with Crippen molar-refractivity contribution >= 4 is 11.6 Å². The number of benzene rings is 1. The van der Waals surface area contributed by atoms with E-state index >= 15 is 0 Å². The van der Waals surface area contributed by atoms with E-state index in [4.69, 9.17) is 5.73 Å². The molecule has 3 rings (SSSR count). The van der Waals surface area contributed by atoms with Crippen LogP contribution in [0.4, 0.5) is 5.69 Å². The van der Waals surface area contributed by atoms with Crippen LogP contribution in [0.25, 0.3) is 0 Å². The number of nitrogens with zero attached hydrogens (tertiary/aromatic N) is 3. The monoisotopic (exact) mass is 310 g/mol. The molecular formula is C18H22N4O. The third-order valence-electron chi connectivity index (χ3n) is 4.17. The van der Waals surface area contributed by atoms with E-state index in [1.54, 1.807) is 0 Å². The Morgan fingerprint density at radius 1 is 1.04 bits per heavy atom. The first-order valence-electron chi connectivity index (χ1n) is 7.95.